The molecule has 0 aromatic heterocycles. The van der Waals surface area contributed by atoms with E-state index in [1.165, 1.54) is 27.8 Å². The second kappa shape index (κ2) is 8.43. The van der Waals surface area contributed by atoms with Crippen LogP contribution in [0.4, 0.5) is 17.1 Å². The Morgan fingerprint density at radius 2 is 1.00 bits per heavy atom. The number of anilines is 3. The zero-order valence-electron chi connectivity index (χ0n) is 19.2. The first-order valence-electron chi connectivity index (χ1n) is 11.0. The predicted octanol–water partition coefficient (Wildman–Crippen LogP) is 8.74. The fraction of sp³-hybridized carbons (Fsp3) is 0.200. The molecule has 0 atom stereocenters. The third-order valence-electron chi connectivity index (χ3n) is 5.75. The van der Waals surface area contributed by atoms with Gasteiger partial charge in [0.1, 0.15) is 0 Å². The molecule has 0 bridgehead atoms. The van der Waals surface area contributed by atoms with Crippen molar-refractivity contribution in [2.24, 2.45) is 0 Å². The molecule has 0 spiro atoms. The van der Waals surface area contributed by atoms with E-state index in [2.05, 4.69) is 137 Å². The Morgan fingerprint density at radius 1 is 0.516 bits per heavy atom. The van der Waals surface area contributed by atoms with Gasteiger partial charge >= 0.3 is 0 Å². The van der Waals surface area contributed by atoms with Crippen LogP contribution in [0.25, 0.3) is 11.1 Å². The summed E-state index contributed by atoms with van der Waals surface area (Å²) >= 11 is 0. The van der Waals surface area contributed by atoms with Gasteiger partial charge in [0.15, 0.2) is 0 Å². The van der Waals surface area contributed by atoms with Crippen molar-refractivity contribution in [3.63, 3.8) is 0 Å². The Balaban J connectivity index is 1.82. The van der Waals surface area contributed by atoms with E-state index in [1.807, 2.05) is 0 Å². The van der Waals surface area contributed by atoms with E-state index in [-0.39, 0.29) is 5.41 Å². The average molecular weight is 406 g/mol. The second-order valence-electron chi connectivity index (χ2n) is 9.39. The van der Waals surface area contributed by atoms with Crippen molar-refractivity contribution in [3.8, 4) is 11.1 Å². The van der Waals surface area contributed by atoms with Gasteiger partial charge in [-0.25, -0.2) is 0 Å². The minimum atomic E-state index is 0.128. The molecule has 31 heavy (non-hydrogen) atoms. The van der Waals surface area contributed by atoms with Gasteiger partial charge in [-0.15, -0.1) is 0 Å². The van der Waals surface area contributed by atoms with Crippen LogP contribution in [0.3, 0.4) is 0 Å². The number of hydrogen-bond donors (Lipinski definition) is 0. The van der Waals surface area contributed by atoms with E-state index in [1.54, 1.807) is 0 Å². The summed E-state index contributed by atoms with van der Waals surface area (Å²) in [6, 6.07) is 35.2. The van der Waals surface area contributed by atoms with Gasteiger partial charge in [-0.05, 0) is 72.4 Å². The van der Waals surface area contributed by atoms with Gasteiger partial charge in [0.25, 0.3) is 0 Å². The molecule has 0 fully saturated rings. The van der Waals surface area contributed by atoms with Crippen molar-refractivity contribution in [1.82, 2.24) is 0 Å². The summed E-state index contributed by atoms with van der Waals surface area (Å²) < 4.78 is 0. The fourth-order valence-corrected chi connectivity index (χ4v) is 3.82. The molecule has 0 aliphatic heterocycles. The SMILES string of the molecule is Cc1ccc(N(c2ccc(C)cc2)c2cccc(-c3cccc(C(C)(C)C)c3)c2)cc1. The maximum atomic E-state index is 2.33. The summed E-state index contributed by atoms with van der Waals surface area (Å²) in [5.74, 6) is 0. The molecule has 0 N–H and O–H groups in total. The van der Waals surface area contributed by atoms with E-state index in [9.17, 15) is 0 Å². The summed E-state index contributed by atoms with van der Waals surface area (Å²) in [5.41, 5.74) is 9.97. The molecule has 0 aliphatic carbocycles. The van der Waals surface area contributed by atoms with Crippen molar-refractivity contribution in [2.75, 3.05) is 4.90 Å². The van der Waals surface area contributed by atoms with E-state index in [0.29, 0.717) is 0 Å². The quantitative estimate of drug-likeness (QED) is 0.328. The van der Waals surface area contributed by atoms with Crippen LogP contribution in [0, 0.1) is 13.8 Å². The molecular formula is C30H31N. The average Bonchev–Trinajstić information content (AvgIpc) is 2.76. The van der Waals surface area contributed by atoms with Crippen molar-refractivity contribution in [3.05, 3.63) is 114 Å². The topological polar surface area (TPSA) is 3.24 Å². The summed E-state index contributed by atoms with van der Waals surface area (Å²) in [4.78, 5) is 2.33. The first kappa shape index (κ1) is 20.9. The normalized spacial score (nSPS) is 11.4. The van der Waals surface area contributed by atoms with Crippen LogP contribution in [0.2, 0.25) is 0 Å². The summed E-state index contributed by atoms with van der Waals surface area (Å²) in [6.07, 6.45) is 0. The van der Waals surface area contributed by atoms with Crippen molar-refractivity contribution >= 4 is 17.1 Å². The standard InChI is InChI=1S/C30H31N/c1-22-12-16-27(17-13-22)31(28-18-14-23(2)15-19-28)29-11-7-9-25(21-29)24-8-6-10-26(20-24)30(3,4)5/h6-21H,1-5H3. The lowest BCUT2D eigenvalue weighted by molar-refractivity contribution is 0.590. The highest BCUT2D eigenvalue weighted by Gasteiger charge is 2.16. The molecule has 156 valence electrons. The minimum absolute atomic E-state index is 0.128. The van der Waals surface area contributed by atoms with Gasteiger partial charge in [-0.1, -0.05) is 92.6 Å². The van der Waals surface area contributed by atoms with Crippen LogP contribution in [0.1, 0.15) is 37.5 Å². The van der Waals surface area contributed by atoms with Crippen molar-refractivity contribution < 1.29 is 0 Å². The molecule has 0 unspecified atom stereocenters. The highest BCUT2D eigenvalue weighted by molar-refractivity contribution is 5.80. The van der Waals surface area contributed by atoms with E-state index < -0.39 is 0 Å². The molecule has 0 aliphatic rings. The van der Waals surface area contributed by atoms with Gasteiger partial charge < -0.3 is 4.90 Å². The summed E-state index contributed by atoms with van der Waals surface area (Å²) in [7, 11) is 0. The van der Waals surface area contributed by atoms with Crippen LogP contribution in [-0.2, 0) is 5.41 Å². The van der Waals surface area contributed by atoms with E-state index in [4.69, 9.17) is 0 Å². The van der Waals surface area contributed by atoms with E-state index in [0.717, 1.165) is 17.1 Å². The molecule has 4 rings (SSSR count). The van der Waals surface area contributed by atoms with Gasteiger partial charge in [0, 0.05) is 17.1 Å². The Hall–Kier alpha value is -3.32. The fourth-order valence-electron chi connectivity index (χ4n) is 3.82. The Bertz CT molecular complexity index is 1120. The molecule has 1 nitrogen and oxygen atoms in total. The second-order valence-corrected chi connectivity index (χ2v) is 9.39. The molecular weight excluding hydrogens is 374 g/mol. The maximum Gasteiger partial charge on any atom is 0.0467 e. The summed E-state index contributed by atoms with van der Waals surface area (Å²) in [5, 5.41) is 0. The number of hydrogen-bond acceptors (Lipinski definition) is 1. The third-order valence-corrected chi connectivity index (χ3v) is 5.75. The van der Waals surface area contributed by atoms with Gasteiger partial charge in [-0.3, -0.25) is 0 Å². The zero-order valence-corrected chi connectivity index (χ0v) is 19.2. The molecule has 4 aromatic carbocycles. The lowest BCUT2D eigenvalue weighted by Gasteiger charge is -2.26. The van der Waals surface area contributed by atoms with Crippen LogP contribution < -0.4 is 4.90 Å². The molecule has 0 saturated heterocycles. The van der Waals surface area contributed by atoms with Crippen LogP contribution in [-0.4, -0.2) is 0 Å². The summed E-state index contributed by atoms with van der Waals surface area (Å²) in [6.45, 7) is 11.0. The maximum absolute atomic E-state index is 2.33. The smallest absolute Gasteiger partial charge is 0.0467 e. The molecule has 1 heteroatoms. The molecule has 0 saturated carbocycles. The molecule has 0 amide bonds. The van der Waals surface area contributed by atoms with Crippen LogP contribution in [0.15, 0.2) is 97.1 Å². The number of nitrogens with zero attached hydrogens (tertiary/aromatic N) is 1. The van der Waals surface area contributed by atoms with Crippen LogP contribution >= 0.6 is 0 Å². The van der Waals surface area contributed by atoms with Crippen molar-refractivity contribution in [1.29, 1.82) is 0 Å². The Labute approximate surface area is 187 Å². The number of rotatable bonds is 4. The van der Waals surface area contributed by atoms with Gasteiger partial charge in [0.2, 0.25) is 0 Å². The lowest BCUT2D eigenvalue weighted by atomic mass is 9.85. The van der Waals surface area contributed by atoms with Crippen LogP contribution in [0.5, 0.6) is 0 Å². The van der Waals surface area contributed by atoms with E-state index >= 15 is 0 Å². The predicted molar refractivity (Wildman–Crippen MR) is 135 cm³/mol. The highest BCUT2D eigenvalue weighted by Crippen LogP contribution is 2.37. The molecule has 0 heterocycles. The number of aryl methyl sites for hydroxylation is 2. The zero-order chi connectivity index (χ0) is 22.0. The first-order valence-corrected chi connectivity index (χ1v) is 11.0. The Kier molecular flexibility index (Phi) is 5.69. The monoisotopic (exact) mass is 405 g/mol. The Morgan fingerprint density at radius 3 is 1.52 bits per heavy atom. The molecule has 0 radical (unpaired) electrons. The van der Waals surface area contributed by atoms with Gasteiger partial charge in [0.05, 0.1) is 0 Å². The van der Waals surface area contributed by atoms with Crippen molar-refractivity contribution in [2.45, 2.75) is 40.0 Å². The molecule has 4 aromatic rings. The first-order chi connectivity index (χ1) is 14.8. The highest BCUT2D eigenvalue weighted by atomic mass is 15.1. The van der Waals surface area contributed by atoms with Gasteiger partial charge in [-0.2, -0.15) is 0 Å². The number of benzene rings is 4. The lowest BCUT2D eigenvalue weighted by Crippen LogP contribution is -2.11. The third kappa shape index (κ3) is 4.72. The minimum Gasteiger partial charge on any atom is -0.310 e. The largest absolute Gasteiger partial charge is 0.310 e.